The molecule has 0 atom stereocenters. The van der Waals surface area contributed by atoms with Crippen LogP contribution in [0.5, 0.6) is 0 Å². The summed E-state index contributed by atoms with van der Waals surface area (Å²) in [4.78, 5) is 2.25. The fourth-order valence-electron chi connectivity index (χ4n) is 0.711. The normalized spacial score (nSPS) is 10.8. The summed E-state index contributed by atoms with van der Waals surface area (Å²) in [5.41, 5.74) is 0. The zero-order chi connectivity index (χ0) is 7.82. The van der Waals surface area contributed by atoms with Gasteiger partial charge in [-0.15, -0.1) is 0 Å². The summed E-state index contributed by atoms with van der Waals surface area (Å²) in [5, 5.41) is 11.2. The van der Waals surface area contributed by atoms with Gasteiger partial charge in [-0.2, -0.15) is 0 Å². The number of nitrogens with one attached hydrogen (secondary N) is 1. The lowest BCUT2D eigenvalue weighted by Gasteiger charge is -2.12. The van der Waals surface area contributed by atoms with E-state index in [2.05, 4.69) is 24.2 Å². The fourth-order valence-corrected chi connectivity index (χ4v) is 0.711. The molecule has 0 heterocycles. The first-order valence-electron chi connectivity index (χ1n) is 3.81. The van der Waals surface area contributed by atoms with E-state index in [1.54, 1.807) is 0 Å². The summed E-state index contributed by atoms with van der Waals surface area (Å²) in [6.07, 6.45) is 1.10. The molecular weight excluding hydrogens is 128 g/mol. The maximum Gasteiger partial charge on any atom is 0.0931 e. The minimum atomic E-state index is 0.0931. The Hall–Kier alpha value is -0.120. The molecule has 62 valence electrons. The van der Waals surface area contributed by atoms with E-state index in [9.17, 15) is 0 Å². The molecular formula is C7H18N2O. The molecule has 0 aromatic heterocycles. The SMILES string of the molecule is CCN(C)CCCNCO. The lowest BCUT2D eigenvalue weighted by atomic mass is 10.4. The van der Waals surface area contributed by atoms with E-state index in [0.29, 0.717) is 0 Å². The largest absolute Gasteiger partial charge is 0.381 e. The van der Waals surface area contributed by atoms with Crippen molar-refractivity contribution in [3.05, 3.63) is 0 Å². The Balaban J connectivity index is 2.89. The molecule has 0 aromatic rings. The quantitative estimate of drug-likeness (QED) is 0.405. The molecule has 0 bridgehead atoms. The van der Waals surface area contributed by atoms with Crippen LogP contribution in [-0.2, 0) is 0 Å². The molecule has 3 heteroatoms. The zero-order valence-corrected chi connectivity index (χ0v) is 6.93. The molecule has 0 aliphatic heterocycles. The van der Waals surface area contributed by atoms with E-state index < -0.39 is 0 Å². The van der Waals surface area contributed by atoms with Gasteiger partial charge >= 0.3 is 0 Å². The Bertz CT molecular complexity index is 68.6. The summed E-state index contributed by atoms with van der Waals surface area (Å²) < 4.78 is 0. The van der Waals surface area contributed by atoms with Gasteiger partial charge in [0.25, 0.3) is 0 Å². The Kier molecular flexibility index (Phi) is 6.91. The number of aliphatic hydroxyl groups excluding tert-OH is 1. The van der Waals surface area contributed by atoms with Crippen LogP contribution in [0.3, 0.4) is 0 Å². The van der Waals surface area contributed by atoms with E-state index in [-0.39, 0.29) is 6.73 Å². The van der Waals surface area contributed by atoms with Crippen LogP contribution in [-0.4, -0.2) is 43.4 Å². The highest BCUT2D eigenvalue weighted by molar-refractivity contribution is 4.49. The van der Waals surface area contributed by atoms with Crippen LogP contribution in [0.15, 0.2) is 0 Å². The van der Waals surface area contributed by atoms with Gasteiger partial charge in [-0.3, -0.25) is 5.32 Å². The van der Waals surface area contributed by atoms with Gasteiger partial charge in [0.1, 0.15) is 0 Å². The smallest absolute Gasteiger partial charge is 0.0931 e. The lowest BCUT2D eigenvalue weighted by Crippen LogP contribution is -2.24. The summed E-state index contributed by atoms with van der Waals surface area (Å²) in [6.45, 7) is 5.33. The molecule has 0 aromatic carbocycles. The van der Waals surface area contributed by atoms with Gasteiger partial charge in [-0.25, -0.2) is 0 Å². The Morgan fingerprint density at radius 3 is 2.70 bits per heavy atom. The number of rotatable bonds is 6. The van der Waals surface area contributed by atoms with Gasteiger partial charge in [-0.1, -0.05) is 6.92 Å². The first-order valence-corrected chi connectivity index (χ1v) is 3.81. The average molecular weight is 146 g/mol. The number of aliphatic hydroxyl groups is 1. The molecule has 0 aliphatic carbocycles. The highest BCUT2D eigenvalue weighted by Gasteiger charge is 1.91. The molecule has 0 aliphatic rings. The summed E-state index contributed by atoms with van der Waals surface area (Å²) in [6, 6.07) is 0. The van der Waals surface area contributed by atoms with E-state index in [4.69, 9.17) is 5.11 Å². The maximum absolute atomic E-state index is 8.36. The highest BCUT2D eigenvalue weighted by atomic mass is 16.3. The number of hydrogen-bond acceptors (Lipinski definition) is 3. The minimum absolute atomic E-state index is 0.0931. The Labute approximate surface area is 63.0 Å². The van der Waals surface area contributed by atoms with Crippen LogP contribution in [0.25, 0.3) is 0 Å². The second-order valence-corrected chi connectivity index (χ2v) is 2.41. The second kappa shape index (κ2) is 6.99. The molecule has 2 N–H and O–H groups in total. The first kappa shape index (κ1) is 9.88. The fraction of sp³-hybridized carbons (Fsp3) is 1.00. The molecule has 0 spiro atoms. The minimum Gasteiger partial charge on any atom is -0.381 e. The molecule has 10 heavy (non-hydrogen) atoms. The van der Waals surface area contributed by atoms with Crippen molar-refractivity contribution in [3.63, 3.8) is 0 Å². The van der Waals surface area contributed by atoms with Crippen LogP contribution in [0.2, 0.25) is 0 Å². The summed E-state index contributed by atoms with van der Waals surface area (Å²) >= 11 is 0. The lowest BCUT2D eigenvalue weighted by molar-refractivity contribution is 0.254. The van der Waals surface area contributed by atoms with Gasteiger partial charge in [0.05, 0.1) is 6.73 Å². The molecule has 0 unspecified atom stereocenters. The first-order chi connectivity index (χ1) is 4.81. The van der Waals surface area contributed by atoms with Crippen molar-refractivity contribution < 1.29 is 5.11 Å². The second-order valence-electron chi connectivity index (χ2n) is 2.41. The highest BCUT2D eigenvalue weighted by Crippen LogP contribution is 1.83. The zero-order valence-electron chi connectivity index (χ0n) is 6.93. The van der Waals surface area contributed by atoms with Crippen molar-refractivity contribution >= 4 is 0 Å². The molecule has 0 amide bonds. The third-order valence-corrected chi connectivity index (χ3v) is 1.55. The molecule has 0 fully saturated rings. The van der Waals surface area contributed by atoms with Crippen molar-refractivity contribution in [3.8, 4) is 0 Å². The van der Waals surface area contributed by atoms with Crippen LogP contribution in [0.4, 0.5) is 0 Å². The van der Waals surface area contributed by atoms with Crippen LogP contribution in [0, 0.1) is 0 Å². The average Bonchev–Trinajstić information content (AvgIpc) is 1.98. The molecule has 0 saturated heterocycles. The van der Waals surface area contributed by atoms with E-state index in [1.807, 2.05) is 0 Å². The van der Waals surface area contributed by atoms with Crippen molar-refractivity contribution in [1.29, 1.82) is 0 Å². The standard InChI is InChI=1S/C7H18N2O/c1-3-9(2)6-4-5-8-7-10/h8,10H,3-7H2,1-2H3. The maximum atomic E-state index is 8.36. The van der Waals surface area contributed by atoms with E-state index >= 15 is 0 Å². The predicted molar refractivity (Wildman–Crippen MR) is 42.9 cm³/mol. The third-order valence-electron chi connectivity index (χ3n) is 1.55. The molecule has 0 radical (unpaired) electrons. The van der Waals surface area contributed by atoms with Gasteiger partial charge in [0, 0.05) is 0 Å². The van der Waals surface area contributed by atoms with Crippen LogP contribution < -0.4 is 5.32 Å². The molecule has 3 nitrogen and oxygen atoms in total. The van der Waals surface area contributed by atoms with Crippen molar-refractivity contribution in [1.82, 2.24) is 10.2 Å². The van der Waals surface area contributed by atoms with Gasteiger partial charge in [0.2, 0.25) is 0 Å². The summed E-state index contributed by atoms with van der Waals surface area (Å²) in [7, 11) is 2.10. The molecule has 0 rings (SSSR count). The third kappa shape index (κ3) is 6.01. The van der Waals surface area contributed by atoms with Crippen molar-refractivity contribution in [2.24, 2.45) is 0 Å². The monoisotopic (exact) mass is 146 g/mol. The van der Waals surface area contributed by atoms with E-state index in [0.717, 1.165) is 26.1 Å². The topological polar surface area (TPSA) is 35.5 Å². The number of nitrogens with zero attached hydrogens (tertiary/aromatic N) is 1. The van der Waals surface area contributed by atoms with Crippen LogP contribution >= 0.6 is 0 Å². The summed E-state index contributed by atoms with van der Waals surface area (Å²) in [5.74, 6) is 0. The Morgan fingerprint density at radius 1 is 1.50 bits per heavy atom. The van der Waals surface area contributed by atoms with Gasteiger partial charge < -0.3 is 10.0 Å². The Morgan fingerprint density at radius 2 is 2.20 bits per heavy atom. The predicted octanol–water partition coefficient (Wildman–Crippen LogP) is -0.132. The van der Waals surface area contributed by atoms with E-state index in [1.165, 1.54) is 0 Å². The number of hydrogen-bond donors (Lipinski definition) is 2. The van der Waals surface area contributed by atoms with Gasteiger partial charge in [0.15, 0.2) is 0 Å². The van der Waals surface area contributed by atoms with Gasteiger partial charge in [-0.05, 0) is 33.1 Å². The van der Waals surface area contributed by atoms with Crippen molar-refractivity contribution in [2.45, 2.75) is 13.3 Å². The van der Waals surface area contributed by atoms with Crippen LogP contribution in [0.1, 0.15) is 13.3 Å². The van der Waals surface area contributed by atoms with Crippen molar-refractivity contribution in [2.75, 3.05) is 33.4 Å². The molecule has 0 saturated carbocycles.